The van der Waals surface area contributed by atoms with Crippen LogP contribution in [-0.2, 0) is 20.3 Å². The molecule has 5 rings (SSSR count). The first kappa shape index (κ1) is 22.9. The van der Waals surface area contributed by atoms with Gasteiger partial charge in [-0.2, -0.15) is 0 Å². The number of benzene rings is 2. The third-order valence-electron chi connectivity index (χ3n) is 7.60. The molecule has 0 radical (unpaired) electrons. The van der Waals surface area contributed by atoms with Crippen molar-refractivity contribution < 1.29 is 9.47 Å². The van der Waals surface area contributed by atoms with Crippen LogP contribution in [-0.4, -0.2) is 32.1 Å². The topological polar surface area (TPSA) is 33.7 Å². The molecule has 0 aromatic heterocycles. The minimum absolute atomic E-state index is 0.0130. The van der Waals surface area contributed by atoms with Gasteiger partial charge in [0.05, 0.1) is 19.3 Å². The van der Waals surface area contributed by atoms with E-state index in [4.69, 9.17) is 9.47 Å². The minimum atomic E-state index is -0.0848. The van der Waals surface area contributed by atoms with E-state index in [9.17, 15) is 0 Å². The van der Waals surface area contributed by atoms with Gasteiger partial charge in [-0.05, 0) is 29.3 Å². The number of para-hydroxylation sites is 2. The van der Waals surface area contributed by atoms with Crippen molar-refractivity contribution in [2.24, 2.45) is 0 Å². The molecule has 2 aromatic carbocycles. The largest absolute Gasteiger partial charge is 0.364 e. The molecule has 1 fully saturated rings. The molecule has 0 aliphatic carbocycles. The lowest BCUT2D eigenvalue weighted by atomic mass is 9.80. The Morgan fingerprint density at radius 3 is 2.38 bits per heavy atom. The highest BCUT2D eigenvalue weighted by molar-refractivity contribution is 5.68. The summed E-state index contributed by atoms with van der Waals surface area (Å²) in [4.78, 5) is 2.52. The molecule has 34 heavy (non-hydrogen) atoms. The fourth-order valence-corrected chi connectivity index (χ4v) is 5.61. The van der Waals surface area contributed by atoms with Gasteiger partial charge in [0.2, 0.25) is 0 Å². The fraction of sp³-hybridized carbons (Fsp3) is 0.400. The first-order valence-electron chi connectivity index (χ1n) is 12.4. The van der Waals surface area contributed by atoms with E-state index >= 15 is 0 Å². The average molecular weight is 457 g/mol. The quantitative estimate of drug-likeness (QED) is 0.516. The average Bonchev–Trinajstić information content (AvgIpc) is 3.49. The molecule has 1 unspecified atom stereocenters. The molecule has 178 valence electrons. The number of hydrogen-bond acceptors (Lipinski definition) is 4. The number of rotatable bonds is 6. The Hall–Kier alpha value is -2.82. The Morgan fingerprint density at radius 2 is 1.62 bits per heavy atom. The van der Waals surface area contributed by atoms with E-state index in [2.05, 4.69) is 117 Å². The lowest BCUT2D eigenvalue weighted by molar-refractivity contribution is -0.0450. The molecule has 3 aliphatic rings. The first-order chi connectivity index (χ1) is 16.4. The van der Waals surface area contributed by atoms with Crippen molar-refractivity contribution in [1.29, 1.82) is 0 Å². The van der Waals surface area contributed by atoms with Gasteiger partial charge in [-0.25, -0.2) is 0 Å². The van der Waals surface area contributed by atoms with Gasteiger partial charge in [-0.3, -0.25) is 0 Å². The van der Waals surface area contributed by atoms with Crippen molar-refractivity contribution in [3.63, 3.8) is 0 Å². The summed E-state index contributed by atoms with van der Waals surface area (Å²) in [6.45, 7) is 11.5. The predicted octanol–water partition coefficient (Wildman–Crippen LogP) is 6.32. The molecular weight excluding hydrogens is 420 g/mol. The number of ether oxygens (including phenoxy) is 2. The maximum absolute atomic E-state index is 5.70. The standard InChI is InChI=1S/C30H36N2O2/c1-29(2)22-12-8-10-14-24(22)31-26(29)16-6-5-7-17-27-30(3,4)23-13-9-11-15-25(23)32(27)19-18-28-33-20-21-34-28/h5-17,27-28,31H,18-21H2,1-4H3. The van der Waals surface area contributed by atoms with Gasteiger partial charge in [-0.15, -0.1) is 0 Å². The van der Waals surface area contributed by atoms with E-state index in [-0.39, 0.29) is 23.2 Å². The Morgan fingerprint density at radius 1 is 0.912 bits per heavy atom. The Kier molecular flexibility index (Phi) is 6.13. The maximum atomic E-state index is 5.70. The molecule has 3 heterocycles. The van der Waals surface area contributed by atoms with Crippen molar-refractivity contribution in [1.82, 2.24) is 0 Å². The van der Waals surface area contributed by atoms with E-state index in [1.54, 1.807) is 0 Å². The van der Waals surface area contributed by atoms with Crippen LogP contribution < -0.4 is 10.2 Å². The molecule has 4 nitrogen and oxygen atoms in total. The highest BCUT2D eigenvalue weighted by Crippen LogP contribution is 2.46. The van der Waals surface area contributed by atoms with Gasteiger partial charge in [0.1, 0.15) is 0 Å². The molecule has 1 N–H and O–H groups in total. The highest BCUT2D eigenvalue weighted by atomic mass is 16.7. The molecule has 0 saturated carbocycles. The lowest BCUT2D eigenvalue weighted by Crippen LogP contribution is -2.41. The van der Waals surface area contributed by atoms with Gasteiger partial charge >= 0.3 is 0 Å². The summed E-state index contributed by atoms with van der Waals surface area (Å²) in [5, 5.41) is 3.59. The molecule has 3 aliphatic heterocycles. The molecule has 1 atom stereocenters. The third-order valence-corrected chi connectivity index (χ3v) is 7.60. The second kappa shape index (κ2) is 9.09. The van der Waals surface area contributed by atoms with Crippen LogP contribution in [0.1, 0.15) is 45.2 Å². The molecule has 1 saturated heterocycles. The zero-order valence-electron chi connectivity index (χ0n) is 20.8. The normalized spacial score (nSPS) is 24.3. The first-order valence-corrected chi connectivity index (χ1v) is 12.4. The fourth-order valence-electron chi connectivity index (χ4n) is 5.61. The molecule has 4 heteroatoms. The summed E-state index contributed by atoms with van der Waals surface area (Å²) in [5.41, 5.74) is 6.51. The maximum Gasteiger partial charge on any atom is 0.159 e. The summed E-state index contributed by atoms with van der Waals surface area (Å²) >= 11 is 0. The molecule has 0 bridgehead atoms. The second-order valence-electron chi connectivity index (χ2n) is 10.5. The number of nitrogens with one attached hydrogen (secondary N) is 1. The van der Waals surface area contributed by atoms with Crippen LogP contribution in [0.15, 0.2) is 84.6 Å². The summed E-state index contributed by atoms with van der Waals surface area (Å²) in [7, 11) is 0. The van der Waals surface area contributed by atoms with Crippen molar-refractivity contribution >= 4 is 11.4 Å². The summed E-state index contributed by atoms with van der Waals surface area (Å²) < 4.78 is 11.4. The highest BCUT2D eigenvalue weighted by Gasteiger charge is 2.43. The van der Waals surface area contributed by atoms with Gasteiger partial charge < -0.3 is 19.7 Å². The van der Waals surface area contributed by atoms with Gasteiger partial charge in [0, 0.05) is 40.9 Å². The number of nitrogens with zero attached hydrogens (tertiary/aromatic N) is 1. The molecular formula is C30H36N2O2. The summed E-state index contributed by atoms with van der Waals surface area (Å²) in [6, 6.07) is 17.6. The van der Waals surface area contributed by atoms with E-state index in [0.29, 0.717) is 13.2 Å². The SMILES string of the molecule is CC1(C)C(=CC=CC=CC2N(CCC3OCCO3)c3ccccc3C2(C)C)Nc2ccccc21. The molecule has 0 spiro atoms. The van der Waals surface area contributed by atoms with E-state index in [1.807, 2.05) is 0 Å². The van der Waals surface area contributed by atoms with Crippen molar-refractivity contribution in [3.8, 4) is 0 Å². The van der Waals surface area contributed by atoms with Gasteiger partial charge in [0.15, 0.2) is 6.29 Å². The summed E-state index contributed by atoms with van der Waals surface area (Å²) in [6.07, 6.45) is 11.8. The van der Waals surface area contributed by atoms with Crippen LogP contribution in [0.4, 0.5) is 11.4 Å². The number of fused-ring (bicyclic) bond motifs is 2. The van der Waals surface area contributed by atoms with Crippen LogP contribution in [0, 0.1) is 0 Å². The second-order valence-corrected chi connectivity index (χ2v) is 10.5. The van der Waals surface area contributed by atoms with Crippen LogP contribution in [0.25, 0.3) is 0 Å². The van der Waals surface area contributed by atoms with Crippen molar-refractivity contribution in [3.05, 3.63) is 95.7 Å². The Labute approximate surface area is 204 Å². The van der Waals surface area contributed by atoms with Crippen molar-refractivity contribution in [2.45, 2.75) is 57.3 Å². The van der Waals surface area contributed by atoms with Crippen LogP contribution >= 0.6 is 0 Å². The van der Waals surface area contributed by atoms with Gasteiger partial charge in [-0.1, -0.05) is 88.4 Å². The molecule has 0 amide bonds. The van der Waals surface area contributed by atoms with Crippen molar-refractivity contribution in [2.75, 3.05) is 30.0 Å². The van der Waals surface area contributed by atoms with E-state index in [1.165, 1.54) is 28.2 Å². The smallest absolute Gasteiger partial charge is 0.159 e. The van der Waals surface area contributed by atoms with E-state index < -0.39 is 0 Å². The lowest BCUT2D eigenvalue weighted by Gasteiger charge is -2.32. The Balaban J connectivity index is 1.32. The minimum Gasteiger partial charge on any atom is -0.364 e. The number of hydrogen-bond donors (Lipinski definition) is 1. The van der Waals surface area contributed by atoms with Crippen LogP contribution in [0.3, 0.4) is 0 Å². The Bertz CT molecular complexity index is 1120. The van der Waals surface area contributed by atoms with E-state index in [0.717, 1.165) is 13.0 Å². The number of allylic oxidation sites excluding steroid dienone is 5. The molecule has 2 aromatic rings. The predicted molar refractivity (Wildman–Crippen MR) is 140 cm³/mol. The number of anilines is 2. The third kappa shape index (κ3) is 4.10. The van der Waals surface area contributed by atoms with Gasteiger partial charge in [0.25, 0.3) is 0 Å². The monoisotopic (exact) mass is 456 g/mol. The van der Waals surface area contributed by atoms with Crippen LogP contribution in [0.5, 0.6) is 0 Å². The zero-order valence-corrected chi connectivity index (χ0v) is 20.8. The van der Waals surface area contributed by atoms with Crippen LogP contribution in [0.2, 0.25) is 0 Å². The summed E-state index contributed by atoms with van der Waals surface area (Å²) in [5.74, 6) is 0. The zero-order chi connectivity index (χ0) is 23.8.